The summed E-state index contributed by atoms with van der Waals surface area (Å²) in [6, 6.07) is 17.0. The molecule has 6 nitrogen and oxygen atoms in total. The van der Waals surface area contributed by atoms with Gasteiger partial charge in [0.15, 0.2) is 12.2 Å². The van der Waals surface area contributed by atoms with Gasteiger partial charge in [0.2, 0.25) is 5.89 Å². The number of amides is 1. The molecule has 0 radical (unpaired) electrons. The molecule has 2 aromatic carbocycles. The summed E-state index contributed by atoms with van der Waals surface area (Å²) in [4.78, 5) is 30.0. The Labute approximate surface area is 157 Å². The predicted octanol–water partition coefficient (Wildman–Crippen LogP) is 3.43. The van der Waals surface area contributed by atoms with E-state index >= 15 is 0 Å². The molecule has 6 heteroatoms. The average Bonchev–Trinajstić information content (AvgIpc) is 3.12. The molecule has 3 aromatic rings. The van der Waals surface area contributed by atoms with E-state index < -0.39 is 5.97 Å². The van der Waals surface area contributed by atoms with Crippen molar-refractivity contribution in [1.29, 1.82) is 0 Å². The molecule has 138 valence electrons. The summed E-state index contributed by atoms with van der Waals surface area (Å²) in [7, 11) is 0. The Kier molecular flexibility index (Phi) is 5.99. The van der Waals surface area contributed by atoms with Crippen LogP contribution in [0.4, 0.5) is 0 Å². The highest BCUT2D eigenvalue weighted by Crippen LogP contribution is 2.15. The highest BCUT2D eigenvalue weighted by Gasteiger charge is 2.14. The van der Waals surface area contributed by atoms with Crippen LogP contribution in [0.3, 0.4) is 0 Å². The molecule has 0 bridgehead atoms. The molecule has 0 N–H and O–H groups in total. The van der Waals surface area contributed by atoms with Gasteiger partial charge in [-0.15, -0.1) is 0 Å². The first-order valence-electron chi connectivity index (χ1n) is 8.68. The lowest BCUT2D eigenvalue weighted by molar-refractivity contribution is -0.148. The molecule has 0 spiro atoms. The first-order valence-corrected chi connectivity index (χ1v) is 8.68. The van der Waals surface area contributed by atoms with Gasteiger partial charge in [-0.2, -0.15) is 0 Å². The van der Waals surface area contributed by atoms with Crippen molar-refractivity contribution in [2.24, 2.45) is 0 Å². The van der Waals surface area contributed by atoms with Crippen molar-refractivity contribution in [2.75, 3.05) is 13.2 Å². The van der Waals surface area contributed by atoms with Gasteiger partial charge in [0, 0.05) is 25.2 Å². The molecule has 1 heterocycles. The highest BCUT2D eigenvalue weighted by molar-refractivity contribution is 5.89. The summed E-state index contributed by atoms with van der Waals surface area (Å²) in [5.74, 6) is -0.565. The molecule has 27 heavy (non-hydrogen) atoms. The van der Waals surface area contributed by atoms with Crippen LogP contribution < -0.4 is 0 Å². The highest BCUT2D eigenvalue weighted by atomic mass is 16.5. The van der Waals surface area contributed by atoms with Crippen LogP contribution in [0, 0.1) is 0 Å². The number of rotatable bonds is 7. The largest absolute Gasteiger partial charge is 0.452 e. The van der Waals surface area contributed by atoms with E-state index in [1.807, 2.05) is 55.5 Å². The summed E-state index contributed by atoms with van der Waals surface area (Å²) in [5, 5.41) is 0. The van der Waals surface area contributed by atoms with Gasteiger partial charge >= 0.3 is 5.97 Å². The minimum absolute atomic E-state index is 0.245. The quantitative estimate of drug-likeness (QED) is 0.474. The lowest BCUT2D eigenvalue weighted by Crippen LogP contribution is -2.33. The number of carbonyl (C=O) groups excluding carboxylic acids is 2. The second-order valence-electron chi connectivity index (χ2n) is 5.85. The Morgan fingerprint density at radius 1 is 1.11 bits per heavy atom. The molecule has 0 saturated carbocycles. The third-order valence-corrected chi connectivity index (χ3v) is 3.96. The average molecular weight is 364 g/mol. The van der Waals surface area contributed by atoms with Crippen LogP contribution in [0.25, 0.3) is 17.2 Å². The van der Waals surface area contributed by atoms with Crippen LogP contribution in [0.2, 0.25) is 0 Å². The number of esters is 1. The van der Waals surface area contributed by atoms with E-state index in [4.69, 9.17) is 9.15 Å². The molecular weight excluding hydrogens is 344 g/mol. The summed E-state index contributed by atoms with van der Waals surface area (Å²) < 4.78 is 10.5. The molecule has 0 atom stereocenters. The van der Waals surface area contributed by atoms with Crippen molar-refractivity contribution in [3.05, 3.63) is 72.1 Å². The smallest absolute Gasteiger partial charge is 0.331 e. The van der Waals surface area contributed by atoms with Crippen LogP contribution in [-0.4, -0.2) is 34.9 Å². The lowest BCUT2D eigenvalue weighted by Gasteiger charge is -2.20. The SMILES string of the molecule is CCN(Cc1ccccc1)C(=O)COC(=O)/C=C/c1nc2ccccc2o1. The van der Waals surface area contributed by atoms with Crippen LogP contribution >= 0.6 is 0 Å². The van der Waals surface area contributed by atoms with Crippen molar-refractivity contribution in [3.63, 3.8) is 0 Å². The van der Waals surface area contributed by atoms with E-state index in [1.54, 1.807) is 11.0 Å². The summed E-state index contributed by atoms with van der Waals surface area (Å²) in [6.07, 6.45) is 2.62. The Morgan fingerprint density at radius 2 is 1.85 bits per heavy atom. The van der Waals surface area contributed by atoms with Crippen molar-refractivity contribution < 1.29 is 18.7 Å². The van der Waals surface area contributed by atoms with E-state index in [2.05, 4.69) is 4.98 Å². The number of nitrogens with zero attached hydrogens (tertiary/aromatic N) is 2. The van der Waals surface area contributed by atoms with Gasteiger partial charge in [-0.25, -0.2) is 9.78 Å². The second kappa shape index (κ2) is 8.80. The topological polar surface area (TPSA) is 72.6 Å². The van der Waals surface area contributed by atoms with Crippen molar-refractivity contribution >= 4 is 29.1 Å². The fraction of sp³-hybridized carbons (Fsp3) is 0.190. The van der Waals surface area contributed by atoms with Crippen LogP contribution in [0.5, 0.6) is 0 Å². The van der Waals surface area contributed by atoms with Crippen LogP contribution in [-0.2, 0) is 20.9 Å². The maximum Gasteiger partial charge on any atom is 0.331 e. The normalized spacial score (nSPS) is 11.0. The minimum atomic E-state index is -0.624. The third kappa shape index (κ3) is 5.04. The molecule has 0 unspecified atom stereocenters. The van der Waals surface area contributed by atoms with Gasteiger partial charge in [-0.3, -0.25) is 4.79 Å². The number of benzene rings is 2. The minimum Gasteiger partial charge on any atom is -0.452 e. The molecule has 1 amide bonds. The number of hydrogen-bond acceptors (Lipinski definition) is 5. The van der Waals surface area contributed by atoms with Crippen molar-refractivity contribution in [2.45, 2.75) is 13.5 Å². The van der Waals surface area contributed by atoms with Gasteiger partial charge in [-0.05, 0) is 24.6 Å². The molecular formula is C21H20N2O4. The number of oxazole rings is 1. The summed E-state index contributed by atoms with van der Waals surface area (Å²) in [5.41, 5.74) is 2.37. The Hall–Kier alpha value is -3.41. The van der Waals surface area contributed by atoms with E-state index in [0.717, 1.165) is 5.56 Å². The zero-order valence-corrected chi connectivity index (χ0v) is 15.0. The predicted molar refractivity (Wildman–Crippen MR) is 102 cm³/mol. The van der Waals surface area contributed by atoms with E-state index in [-0.39, 0.29) is 12.5 Å². The van der Waals surface area contributed by atoms with E-state index in [9.17, 15) is 9.59 Å². The standard InChI is InChI=1S/C21H20N2O4/c1-2-23(14-16-8-4-3-5-9-16)20(24)15-26-21(25)13-12-19-22-17-10-6-7-11-18(17)27-19/h3-13H,2,14-15H2,1H3/b13-12+. The number of fused-ring (bicyclic) bond motifs is 1. The first-order chi connectivity index (χ1) is 13.2. The summed E-state index contributed by atoms with van der Waals surface area (Å²) >= 11 is 0. The number of likely N-dealkylation sites (N-methyl/N-ethyl adjacent to an activating group) is 1. The number of hydrogen-bond donors (Lipinski definition) is 0. The molecule has 0 aliphatic heterocycles. The fourth-order valence-electron chi connectivity index (χ4n) is 2.55. The summed E-state index contributed by atoms with van der Waals surface area (Å²) in [6.45, 7) is 2.59. The Balaban J connectivity index is 1.52. The Bertz CT molecular complexity index is 914. The molecule has 0 saturated heterocycles. The Morgan fingerprint density at radius 3 is 2.59 bits per heavy atom. The zero-order valence-electron chi connectivity index (χ0n) is 15.0. The van der Waals surface area contributed by atoms with E-state index in [1.165, 1.54) is 12.2 Å². The van der Waals surface area contributed by atoms with Gasteiger partial charge in [0.1, 0.15) is 5.52 Å². The number of aromatic nitrogens is 1. The first kappa shape index (κ1) is 18.4. The van der Waals surface area contributed by atoms with Gasteiger partial charge in [-0.1, -0.05) is 42.5 Å². The number of carbonyl (C=O) groups is 2. The number of para-hydroxylation sites is 2. The number of ether oxygens (including phenoxy) is 1. The molecule has 0 aliphatic rings. The van der Waals surface area contributed by atoms with Crippen molar-refractivity contribution in [3.8, 4) is 0 Å². The van der Waals surface area contributed by atoms with Crippen LogP contribution in [0.15, 0.2) is 65.1 Å². The maximum absolute atomic E-state index is 12.3. The zero-order chi connectivity index (χ0) is 19.1. The third-order valence-electron chi connectivity index (χ3n) is 3.96. The molecule has 3 rings (SSSR count). The van der Waals surface area contributed by atoms with Crippen molar-refractivity contribution in [1.82, 2.24) is 9.88 Å². The second-order valence-corrected chi connectivity index (χ2v) is 5.85. The maximum atomic E-state index is 12.3. The van der Waals surface area contributed by atoms with E-state index in [0.29, 0.717) is 30.1 Å². The fourth-order valence-corrected chi connectivity index (χ4v) is 2.55. The molecule has 1 aromatic heterocycles. The monoisotopic (exact) mass is 364 g/mol. The van der Waals surface area contributed by atoms with Gasteiger partial charge in [0.25, 0.3) is 5.91 Å². The molecule has 0 fully saturated rings. The lowest BCUT2D eigenvalue weighted by atomic mass is 10.2. The van der Waals surface area contributed by atoms with Gasteiger partial charge < -0.3 is 14.1 Å². The molecule has 0 aliphatic carbocycles. The van der Waals surface area contributed by atoms with Gasteiger partial charge in [0.05, 0.1) is 0 Å². The van der Waals surface area contributed by atoms with Crippen LogP contribution in [0.1, 0.15) is 18.4 Å².